The van der Waals surface area contributed by atoms with Gasteiger partial charge in [0, 0.05) is 0 Å². The van der Waals surface area contributed by atoms with Crippen molar-refractivity contribution in [3.05, 3.63) is 29.8 Å². The zero-order valence-corrected chi connectivity index (χ0v) is 13.9. The fourth-order valence-corrected chi connectivity index (χ4v) is 3.20. The van der Waals surface area contributed by atoms with Crippen LogP contribution in [0.4, 0.5) is 13.2 Å². The molecule has 0 aromatic heterocycles. The lowest BCUT2D eigenvalue weighted by Crippen LogP contribution is -2.42. The van der Waals surface area contributed by atoms with Gasteiger partial charge in [0.1, 0.15) is 5.75 Å². The average molecular weight is 340 g/mol. The zero-order valence-electron chi connectivity index (χ0n) is 13.9. The summed E-state index contributed by atoms with van der Waals surface area (Å²) < 4.78 is 41.2. The van der Waals surface area contributed by atoms with Crippen molar-refractivity contribution in [3.63, 3.8) is 0 Å². The Morgan fingerprint density at radius 1 is 1.25 bits per heavy atom. The number of benzene rings is 1. The minimum atomic E-state index is -4.72. The summed E-state index contributed by atoms with van der Waals surface area (Å²) in [5.41, 5.74) is -0.119. The van der Waals surface area contributed by atoms with Gasteiger partial charge in [-0.3, -0.25) is 0 Å². The summed E-state index contributed by atoms with van der Waals surface area (Å²) >= 11 is 0. The van der Waals surface area contributed by atoms with E-state index in [0.717, 1.165) is 26.1 Å². The van der Waals surface area contributed by atoms with Crippen molar-refractivity contribution in [2.75, 3.05) is 19.6 Å². The van der Waals surface area contributed by atoms with E-state index >= 15 is 0 Å². The topological polar surface area (TPSA) is 36.3 Å². The van der Waals surface area contributed by atoms with E-state index in [1.807, 2.05) is 0 Å². The van der Waals surface area contributed by atoms with Crippen LogP contribution in [0.25, 0.3) is 0 Å². The minimum Gasteiger partial charge on any atom is -0.406 e. The fourth-order valence-electron chi connectivity index (χ4n) is 3.20. The largest absolute Gasteiger partial charge is 0.573 e. The Kier molecular flexibility index (Phi) is 6.11. The molecule has 3 nitrogen and oxygen atoms in total. The van der Waals surface area contributed by atoms with Gasteiger partial charge in [0.15, 0.2) is 0 Å². The molecule has 0 N–H and O–H groups in total. The molecule has 0 saturated carbocycles. The molecule has 0 aliphatic carbocycles. The molecule has 1 saturated heterocycles. The molecule has 1 heterocycles. The van der Waals surface area contributed by atoms with E-state index in [0.29, 0.717) is 18.4 Å². The van der Waals surface area contributed by atoms with Crippen molar-refractivity contribution in [2.45, 2.75) is 50.8 Å². The third kappa shape index (κ3) is 4.88. The van der Waals surface area contributed by atoms with Crippen LogP contribution in [0.3, 0.4) is 0 Å². The molecule has 1 aromatic carbocycles. The van der Waals surface area contributed by atoms with Gasteiger partial charge < -0.3 is 9.64 Å². The Morgan fingerprint density at radius 3 is 2.54 bits per heavy atom. The highest BCUT2D eigenvalue weighted by Gasteiger charge is 2.37. The molecule has 0 atom stereocenters. The van der Waals surface area contributed by atoms with Crippen LogP contribution in [0.2, 0.25) is 0 Å². The summed E-state index contributed by atoms with van der Waals surface area (Å²) in [6, 6.07) is 8.20. The van der Waals surface area contributed by atoms with E-state index in [1.165, 1.54) is 31.0 Å². The highest BCUT2D eigenvalue weighted by atomic mass is 19.4. The molecule has 24 heavy (non-hydrogen) atoms. The molecule has 2 rings (SSSR count). The van der Waals surface area contributed by atoms with E-state index in [4.69, 9.17) is 0 Å². The summed E-state index contributed by atoms with van der Waals surface area (Å²) in [5, 5.41) is 9.69. The lowest BCUT2D eigenvalue weighted by molar-refractivity contribution is -0.274. The molecule has 0 amide bonds. The highest BCUT2D eigenvalue weighted by Crippen LogP contribution is 2.37. The summed E-state index contributed by atoms with van der Waals surface area (Å²) in [6.07, 6.45) is 0.0426. The van der Waals surface area contributed by atoms with Gasteiger partial charge in [-0.2, -0.15) is 5.26 Å². The maximum absolute atomic E-state index is 12.4. The zero-order chi connectivity index (χ0) is 17.6. The number of alkyl halides is 3. The first-order valence-corrected chi connectivity index (χ1v) is 8.38. The van der Waals surface area contributed by atoms with Crippen LogP contribution in [0.15, 0.2) is 24.3 Å². The van der Waals surface area contributed by atoms with Crippen molar-refractivity contribution in [3.8, 4) is 11.8 Å². The predicted molar refractivity (Wildman–Crippen MR) is 85.6 cm³/mol. The van der Waals surface area contributed by atoms with Crippen molar-refractivity contribution in [1.29, 1.82) is 5.26 Å². The summed E-state index contributed by atoms with van der Waals surface area (Å²) in [6.45, 7) is 4.77. The quantitative estimate of drug-likeness (QED) is 0.708. The molecular formula is C18H23F3N2O. The maximum atomic E-state index is 12.4. The van der Waals surface area contributed by atoms with Gasteiger partial charge in [-0.1, -0.05) is 31.9 Å². The van der Waals surface area contributed by atoms with E-state index in [-0.39, 0.29) is 5.75 Å². The highest BCUT2D eigenvalue weighted by molar-refractivity contribution is 5.39. The van der Waals surface area contributed by atoms with Gasteiger partial charge >= 0.3 is 6.36 Å². The number of hydrogen-bond donors (Lipinski definition) is 0. The molecule has 1 fully saturated rings. The van der Waals surface area contributed by atoms with Crippen molar-refractivity contribution in [1.82, 2.24) is 4.90 Å². The van der Waals surface area contributed by atoms with Crippen molar-refractivity contribution < 1.29 is 17.9 Å². The first-order valence-electron chi connectivity index (χ1n) is 8.38. The van der Waals surface area contributed by atoms with E-state index < -0.39 is 11.8 Å². The molecular weight excluding hydrogens is 317 g/mol. The van der Waals surface area contributed by atoms with Gasteiger partial charge in [-0.15, -0.1) is 13.2 Å². The monoisotopic (exact) mass is 340 g/mol. The number of nitriles is 1. The standard InChI is InChI=1S/C18H23F3N2O/c1-2-3-4-10-23-11-8-17(14-22,9-12-23)15-6-5-7-16(13-15)24-18(19,20)21/h5-7,13H,2-4,8-12H2,1H3. The number of ether oxygens (including phenoxy) is 1. The lowest BCUT2D eigenvalue weighted by Gasteiger charge is -2.37. The molecule has 1 aromatic rings. The molecule has 0 unspecified atom stereocenters. The lowest BCUT2D eigenvalue weighted by atomic mass is 9.74. The Balaban J connectivity index is 2.07. The van der Waals surface area contributed by atoms with Crippen molar-refractivity contribution >= 4 is 0 Å². The third-order valence-corrected chi connectivity index (χ3v) is 4.62. The number of nitrogens with zero attached hydrogens (tertiary/aromatic N) is 2. The molecule has 0 spiro atoms. The second-order valence-corrected chi connectivity index (χ2v) is 6.32. The molecule has 1 aliphatic heterocycles. The Bertz CT molecular complexity index is 572. The number of piperidine rings is 1. The first-order chi connectivity index (χ1) is 11.4. The smallest absolute Gasteiger partial charge is 0.406 e. The van der Waals surface area contributed by atoms with E-state index in [2.05, 4.69) is 22.6 Å². The molecule has 6 heteroatoms. The van der Waals surface area contributed by atoms with Crippen LogP contribution in [0.5, 0.6) is 5.75 Å². The maximum Gasteiger partial charge on any atom is 0.573 e. The predicted octanol–water partition coefficient (Wildman–Crippen LogP) is 4.63. The second kappa shape index (κ2) is 7.89. The second-order valence-electron chi connectivity index (χ2n) is 6.32. The summed E-state index contributed by atoms with van der Waals surface area (Å²) in [4.78, 5) is 2.33. The average Bonchev–Trinajstić information content (AvgIpc) is 2.54. The van der Waals surface area contributed by atoms with Gasteiger partial charge in [-0.25, -0.2) is 0 Å². The minimum absolute atomic E-state index is 0.264. The van der Waals surface area contributed by atoms with Crippen LogP contribution < -0.4 is 4.74 Å². The van der Waals surface area contributed by atoms with E-state index in [9.17, 15) is 18.4 Å². The molecule has 132 valence electrons. The van der Waals surface area contributed by atoms with Gasteiger partial charge in [-0.05, 0) is 56.6 Å². The van der Waals surface area contributed by atoms with Gasteiger partial charge in [0.25, 0.3) is 0 Å². The Morgan fingerprint density at radius 2 is 1.96 bits per heavy atom. The molecule has 1 aliphatic rings. The van der Waals surface area contributed by atoms with Crippen molar-refractivity contribution in [2.24, 2.45) is 0 Å². The summed E-state index contributed by atoms with van der Waals surface area (Å²) in [5.74, 6) is -0.264. The SMILES string of the molecule is CCCCCN1CCC(C#N)(c2cccc(OC(F)(F)F)c2)CC1. The molecule has 0 radical (unpaired) electrons. The summed E-state index contributed by atoms with van der Waals surface area (Å²) in [7, 11) is 0. The molecule has 0 bridgehead atoms. The first kappa shape index (κ1) is 18.6. The fraction of sp³-hybridized carbons (Fsp3) is 0.611. The van der Waals surface area contributed by atoms with Gasteiger partial charge in [0.2, 0.25) is 0 Å². The van der Waals surface area contributed by atoms with Crippen LogP contribution in [0, 0.1) is 11.3 Å². The van der Waals surface area contributed by atoms with Crippen LogP contribution in [0.1, 0.15) is 44.6 Å². The normalized spacial score (nSPS) is 18.1. The number of hydrogen-bond acceptors (Lipinski definition) is 3. The number of halogens is 3. The number of likely N-dealkylation sites (tertiary alicyclic amines) is 1. The van der Waals surface area contributed by atoms with Crippen LogP contribution >= 0.6 is 0 Å². The Labute approximate surface area is 141 Å². The van der Waals surface area contributed by atoms with E-state index in [1.54, 1.807) is 6.07 Å². The Hall–Kier alpha value is -1.74. The third-order valence-electron chi connectivity index (χ3n) is 4.62. The van der Waals surface area contributed by atoms with Crippen LogP contribution in [-0.4, -0.2) is 30.9 Å². The number of unbranched alkanes of at least 4 members (excludes halogenated alkanes) is 2. The number of rotatable bonds is 6. The van der Waals surface area contributed by atoms with Gasteiger partial charge in [0.05, 0.1) is 11.5 Å². The van der Waals surface area contributed by atoms with Crippen LogP contribution in [-0.2, 0) is 5.41 Å².